The minimum atomic E-state index is -3.73. The third kappa shape index (κ3) is 3.65. The Balaban J connectivity index is 2.14. The Kier molecular flexibility index (Phi) is 4.94. The second-order valence-electron chi connectivity index (χ2n) is 3.98. The van der Waals surface area contributed by atoms with Crippen LogP contribution in [0.2, 0.25) is 10.0 Å². The average molecular weight is 340 g/mol. The number of halogens is 2. The van der Waals surface area contributed by atoms with Crippen molar-refractivity contribution in [2.75, 3.05) is 13.7 Å². The summed E-state index contributed by atoms with van der Waals surface area (Å²) in [5, 5.41) is 3.13. The smallest absolute Gasteiger partial charge is 0.459 e. The van der Waals surface area contributed by atoms with Gasteiger partial charge in [-0.3, -0.25) is 9.32 Å². The number of esters is 1. The van der Waals surface area contributed by atoms with Crippen LogP contribution in [0.15, 0.2) is 18.2 Å². The summed E-state index contributed by atoms with van der Waals surface area (Å²) >= 11 is 11.7. The number of hydrogen-bond acceptors (Lipinski definition) is 5. The van der Waals surface area contributed by atoms with Gasteiger partial charge in [0.25, 0.3) is 0 Å². The van der Waals surface area contributed by atoms with Crippen LogP contribution in [0.1, 0.15) is 6.42 Å². The second-order valence-corrected chi connectivity index (χ2v) is 6.63. The van der Waals surface area contributed by atoms with E-state index in [1.165, 1.54) is 25.3 Å². The van der Waals surface area contributed by atoms with E-state index in [9.17, 15) is 9.36 Å². The Morgan fingerprint density at radius 3 is 2.75 bits per heavy atom. The van der Waals surface area contributed by atoms with Crippen molar-refractivity contribution in [2.45, 2.75) is 12.5 Å². The van der Waals surface area contributed by atoms with Crippen LogP contribution >= 0.6 is 30.9 Å². The maximum absolute atomic E-state index is 12.4. The van der Waals surface area contributed by atoms with Crippen LogP contribution in [0.5, 0.6) is 5.75 Å². The fraction of sp³-hybridized carbons (Fsp3) is 0.364. The normalized spacial score (nSPS) is 21.4. The number of benzene rings is 1. The van der Waals surface area contributed by atoms with Gasteiger partial charge in [0.15, 0.2) is 0 Å². The molecule has 0 bridgehead atoms. The fourth-order valence-electron chi connectivity index (χ4n) is 1.60. The van der Waals surface area contributed by atoms with Crippen molar-refractivity contribution in [2.24, 2.45) is 0 Å². The summed E-state index contributed by atoms with van der Waals surface area (Å²) in [4.78, 5) is 11.4. The van der Waals surface area contributed by atoms with Crippen molar-refractivity contribution in [1.29, 1.82) is 0 Å². The van der Waals surface area contributed by atoms with Gasteiger partial charge >= 0.3 is 13.7 Å². The quantitative estimate of drug-likeness (QED) is 0.656. The van der Waals surface area contributed by atoms with E-state index in [0.717, 1.165) is 0 Å². The minimum absolute atomic E-state index is 0.139. The van der Waals surface area contributed by atoms with Gasteiger partial charge in [0.05, 0.1) is 11.6 Å². The molecular formula is C11H12Cl2NO5P. The highest BCUT2D eigenvalue weighted by Gasteiger charge is 2.36. The van der Waals surface area contributed by atoms with Gasteiger partial charge in [-0.25, -0.2) is 4.57 Å². The first-order valence-corrected chi connectivity index (χ1v) is 7.98. The third-order valence-electron chi connectivity index (χ3n) is 2.60. The Hall–Kier alpha value is -0.780. The highest BCUT2D eigenvalue weighted by atomic mass is 35.5. The summed E-state index contributed by atoms with van der Waals surface area (Å²) in [7, 11) is -2.52. The molecule has 110 valence electrons. The molecule has 1 heterocycles. The number of cyclic esters (lactones) is 1. The molecule has 1 aromatic rings. The Morgan fingerprint density at radius 2 is 2.20 bits per heavy atom. The van der Waals surface area contributed by atoms with Crippen LogP contribution < -0.4 is 9.61 Å². The van der Waals surface area contributed by atoms with Crippen molar-refractivity contribution in [3.8, 4) is 5.75 Å². The van der Waals surface area contributed by atoms with Crippen molar-refractivity contribution in [3.63, 3.8) is 0 Å². The number of ether oxygens (including phenoxy) is 1. The lowest BCUT2D eigenvalue weighted by molar-refractivity contribution is -0.139. The summed E-state index contributed by atoms with van der Waals surface area (Å²) in [6.45, 7) is 0.266. The monoisotopic (exact) mass is 339 g/mol. The van der Waals surface area contributed by atoms with E-state index in [-0.39, 0.29) is 17.4 Å². The Labute approximate surface area is 125 Å². The zero-order valence-electron chi connectivity index (χ0n) is 10.5. The number of nitrogens with one attached hydrogen (secondary N) is 1. The van der Waals surface area contributed by atoms with Gasteiger partial charge in [-0.15, -0.1) is 0 Å². The molecule has 1 aliphatic heterocycles. The van der Waals surface area contributed by atoms with Crippen LogP contribution in [0, 0.1) is 0 Å². The zero-order chi connectivity index (χ0) is 14.8. The first-order chi connectivity index (χ1) is 9.43. The molecule has 0 aliphatic carbocycles. The van der Waals surface area contributed by atoms with Crippen molar-refractivity contribution in [1.82, 2.24) is 5.09 Å². The molecule has 0 saturated carbocycles. The molecule has 0 radical (unpaired) electrons. The topological polar surface area (TPSA) is 73.9 Å². The maximum Gasteiger partial charge on any atom is 0.459 e. The van der Waals surface area contributed by atoms with Crippen LogP contribution in [-0.4, -0.2) is 25.7 Å². The molecule has 0 aromatic heterocycles. The number of carbonyl (C=O) groups is 1. The summed E-state index contributed by atoms with van der Waals surface area (Å²) in [6.07, 6.45) is 0.393. The van der Waals surface area contributed by atoms with Crippen LogP contribution in [0.4, 0.5) is 0 Å². The Morgan fingerprint density at radius 1 is 1.45 bits per heavy atom. The molecule has 0 spiro atoms. The predicted octanol–water partition coefficient (Wildman–Crippen LogP) is 3.03. The molecule has 2 rings (SSSR count). The van der Waals surface area contributed by atoms with E-state index >= 15 is 0 Å². The standard InChI is InChI=1S/C11H12Cl2NO5P/c1-17-20(16,14-9-4-5-18-11(9)15)19-10-3-2-7(12)6-8(10)13/h2-3,6,9H,4-5H2,1H3,(H,14,16)/t9?,20-/m0/s1. The summed E-state index contributed by atoms with van der Waals surface area (Å²) in [5.74, 6) is -0.354. The fourth-order valence-corrected chi connectivity index (χ4v) is 3.37. The second kappa shape index (κ2) is 6.33. The molecule has 2 atom stereocenters. The molecule has 1 fully saturated rings. The van der Waals surface area contributed by atoms with Gasteiger partial charge in [-0.05, 0) is 18.2 Å². The lowest BCUT2D eigenvalue weighted by atomic mass is 10.3. The summed E-state index contributed by atoms with van der Waals surface area (Å²) in [6, 6.07) is 3.71. The third-order valence-corrected chi connectivity index (χ3v) is 4.68. The van der Waals surface area contributed by atoms with Crippen LogP contribution in [0.3, 0.4) is 0 Å². The van der Waals surface area contributed by atoms with E-state index in [2.05, 4.69) is 5.09 Å². The van der Waals surface area contributed by atoms with Gasteiger partial charge in [-0.1, -0.05) is 23.2 Å². The number of carbonyl (C=O) groups excluding carboxylic acids is 1. The van der Waals surface area contributed by atoms with E-state index in [1.807, 2.05) is 0 Å². The van der Waals surface area contributed by atoms with Crippen molar-refractivity contribution >= 4 is 36.9 Å². The molecule has 1 N–H and O–H groups in total. The van der Waals surface area contributed by atoms with Gasteiger partial charge in [-0.2, -0.15) is 5.09 Å². The molecular weight excluding hydrogens is 328 g/mol. The summed E-state index contributed by atoms with van der Waals surface area (Å²) in [5.41, 5.74) is 0. The van der Waals surface area contributed by atoms with E-state index < -0.39 is 19.8 Å². The molecule has 1 unspecified atom stereocenters. The summed E-state index contributed by atoms with van der Waals surface area (Å²) < 4.78 is 27.3. The van der Waals surface area contributed by atoms with Crippen LogP contribution in [-0.2, 0) is 18.6 Å². The number of rotatable bonds is 5. The molecule has 9 heteroatoms. The van der Waals surface area contributed by atoms with Gasteiger partial charge in [0.1, 0.15) is 11.8 Å². The Bertz CT molecular complexity index is 568. The molecule has 6 nitrogen and oxygen atoms in total. The number of hydrogen-bond donors (Lipinski definition) is 1. The van der Waals surface area contributed by atoms with Gasteiger partial charge in [0.2, 0.25) is 0 Å². The molecule has 1 aliphatic rings. The van der Waals surface area contributed by atoms with E-state index in [0.29, 0.717) is 11.4 Å². The minimum Gasteiger partial charge on any atom is -0.464 e. The van der Waals surface area contributed by atoms with E-state index in [4.69, 9.17) is 37.0 Å². The lowest BCUT2D eigenvalue weighted by Crippen LogP contribution is -2.32. The SMILES string of the molecule is CO[P@@](=O)(NC1CCOC1=O)Oc1ccc(Cl)cc1Cl. The maximum atomic E-state index is 12.4. The van der Waals surface area contributed by atoms with E-state index in [1.54, 1.807) is 0 Å². The predicted molar refractivity (Wildman–Crippen MR) is 74.2 cm³/mol. The van der Waals surface area contributed by atoms with Gasteiger partial charge in [0, 0.05) is 18.6 Å². The highest BCUT2D eigenvalue weighted by molar-refractivity contribution is 7.52. The van der Waals surface area contributed by atoms with Crippen molar-refractivity contribution in [3.05, 3.63) is 28.2 Å². The molecule has 0 amide bonds. The zero-order valence-corrected chi connectivity index (χ0v) is 12.9. The largest absolute Gasteiger partial charge is 0.464 e. The first kappa shape index (κ1) is 15.6. The molecule has 1 aromatic carbocycles. The lowest BCUT2D eigenvalue weighted by Gasteiger charge is -2.20. The highest BCUT2D eigenvalue weighted by Crippen LogP contribution is 2.46. The molecule has 20 heavy (non-hydrogen) atoms. The van der Waals surface area contributed by atoms with Crippen LogP contribution in [0.25, 0.3) is 0 Å². The first-order valence-electron chi connectivity index (χ1n) is 5.68. The van der Waals surface area contributed by atoms with Crippen molar-refractivity contribution < 1.29 is 23.1 Å². The van der Waals surface area contributed by atoms with Gasteiger partial charge < -0.3 is 9.26 Å². The average Bonchev–Trinajstić information content (AvgIpc) is 2.78. The molecule has 1 saturated heterocycles.